The van der Waals surface area contributed by atoms with E-state index in [1.807, 2.05) is 55.5 Å². The quantitative estimate of drug-likeness (QED) is 0.292. The van der Waals surface area contributed by atoms with E-state index in [9.17, 15) is 9.59 Å². The second kappa shape index (κ2) is 9.72. The number of pyridine rings is 1. The van der Waals surface area contributed by atoms with Gasteiger partial charge in [0.05, 0.1) is 29.9 Å². The van der Waals surface area contributed by atoms with Crippen molar-refractivity contribution in [3.63, 3.8) is 0 Å². The minimum Gasteiger partial charge on any atom is -0.494 e. The summed E-state index contributed by atoms with van der Waals surface area (Å²) in [6.07, 6.45) is -0.460. The van der Waals surface area contributed by atoms with Crippen LogP contribution in [0.25, 0.3) is 33.4 Å². The highest BCUT2D eigenvalue weighted by molar-refractivity contribution is 9.10. The van der Waals surface area contributed by atoms with E-state index in [2.05, 4.69) is 26.0 Å². The van der Waals surface area contributed by atoms with Crippen molar-refractivity contribution in [2.45, 2.75) is 19.8 Å². The van der Waals surface area contributed by atoms with Gasteiger partial charge in [0.2, 0.25) is 5.91 Å². The lowest BCUT2D eigenvalue weighted by molar-refractivity contribution is -0.137. The third-order valence-corrected chi connectivity index (χ3v) is 5.78. The molecule has 1 N–H and O–H groups in total. The first kappa shape index (κ1) is 22.9. The first-order chi connectivity index (χ1) is 15.9. The molecular formula is C24H19BrClN3O4. The molecule has 0 fully saturated rings. The van der Waals surface area contributed by atoms with Gasteiger partial charge in [0, 0.05) is 33.5 Å². The molecule has 4 rings (SSSR count). The Morgan fingerprint density at radius 2 is 1.85 bits per heavy atom. The molecule has 0 aliphatic carbocycles. The topological polar surface area (TPSA) is 94.3 Å². The normalized spacial score (nSPS) is 11.0. The van der Waals surface area contributed by atoms with Crippen LogP contribution in [-0.4, -0.2) is 38.4 Å². The van der Waals surface area contributed by atoms with E-state index in [1.165, 1.54) is 4.68 Å². The third-order valence-electron chi connectivity index (χ3n) is 4.97. The van der Waals surface area contributed by atoms with Crippen molar-refractivity contribution >= 4 is 50.3 Å². The Hall–Kier alpha value is -3.23. The van der Waals surface area contributed by atoms with E-state index in [1.54, 1.807) is 6.07 Å². The fourth-order valence-corrected chi connectivity index (χ4v) is 3.92. The van der Waals surface area contributed by atoms with Crippen molar-refractivity contribution in [1.82, 2.24) is 14.8 Å². The lowest BCUT2D eigenvalue weighted by atomic mass is 10.1. The summed E-state index contributed by atoms with van der Waals surface area (Å²) in [6, 6.07) is 16.6. The maximum Gasteiger partial charge on any atom is 0.303 e. The van der Waals surface area contributed by atoms with Crippen LogP contribution in [0.5, 0.6) is 5.75 Å². The van der Waals surface area contributed by atoms with E-state index in [0.29, 0.717) is 34.8 Å². The number of carbonyl (C=O) groups is 2. The van der Waals surface area contributed by atoms with Gasteiger partial charge < -0.3 is 9.84 Å². The number of carboxylic acids is 1. The summed E-state index contributed by atoms with van der Waals surface area (Å²) in [5, 5.41) is 14.5. The summed E-state index contributed by atoms with van der Waals surface area (Å²) in [7, 11) is 0. The van der Waals surface area contributed by atoms with Gasteiger partial charge in [0.15, 0.2) is 0 Å². The van der Waals surface area contributed by atoms with Crippen LogP contribution in [0.1, 0.15) is 24.6 Å². The summed E-state index contributed by atoms with van der Waals surface area (Å²) in [4.78, 5) is 28.3. The number of carbonyl (C=O) groups excluding carboxylic acids is 1. The van der Waals surface area contributed by atoms with Crippen LogP contribution in [-0.2, 0) is 4.79 Å². The molecular weight excluding hydrogens is 510 g/mol. The Bertz CT molecular complexity index is 1350. The number of nitrogens with zero attached hydrogens (tertiary/aromatic N) is 3. The molecule has 7 nitrogen and oxygen atoms in total. The van der Waals surface area contributed by atoms with Crippen molar-refractivity contribution in [1.29, 1.82) is 0 Å². The van der Waals surface area contributed by atoms with Gasteiger partial charge in [-0.25, -0.2) is 4.98 Å². The molecule has 0 bridgehead atoms. The van der Waals surface area contributed by atoms with Gasteiger partial charge in [-0.15, -0.1) is 0 Å². The Morgan fingerprint density at radius 3 is 2.55 bits per heavy atom. The predicted molar refractivity (Wildman–Crippen MR) is 130 cm³/mol. The van der Waals surface area contributed by atoms with E-state index in [4.69, 9.17) is 21.4 Å². The lowest BCUT2D eigenvalue weighted by Gasteiger charge is -2.07. The second-order valence-electron chi connectivity index (χ2n) is 7.24. The number of ether oxygens (including phenoxy) is 1. The largest absolute Gasteiger partial charge is 0.494 e. The minimum atomic E-state index is -1.05. The fourth-order valence-electron chi connectivity index (χ4n) is 3.41. The SMILES string of the molecule is CCOc1ccc2cc(-c3cc(-c4ccc(Br)cc4)n(C(=O)CCC(=O)O)n3)c(Cl)nc2c1. The molecule has 33 heavy (non-hydrogen) atoms. The Kier molecular flexibility index (Phi) is 6.76. The first-order valence-corrected chi connectivity index (χ1v) is 11.4. The molecule has 9 heteroatoms. The molecule has 2 aromatic carbocycles. The number of aliphatic carboxylic acids is 1. The van der Waals surface area contributed by atoms with Crippen LogP contribution in [0.15, 0.2) is 59.1 Å². The molecule has 0 saturated carbocycles. The Balaban J connectivity index is 1.81. The highest BCUT2D eigenvalue weighted by atomic mass is 79.9. The molecule has 0 unspecified atom stereocenters. The van der Waals surface area contributed by atoms with E-state index < -0.39 is 11.9 Å². The molecule has 4 aromatic rings. The Morgan fingerprint density at radius 1 is 1.09 bits per heavy atom. The second-order valence-corrected chi connectivity index (χ2v) is 8.51. The molecule has 0 saturated heterocycles. The molecule has 2 aromatic heterocycles. The molecule has 0 radical (unpaired) electrons. The number of aromatic nitrogens is 3. The molecule has 0 aliphatic heterocycles. The zero-order chi connectivity index (χ0) is 23.5. The zero-order valence-electron chi connectivity index (χ0n) is 17.6. The summed E-state index contributed by atoms with van der Waals surface area (Å²) in [5.74, 6) is -0.769. The van der Waals surface area contributed by atoms with E-state index in [0.717, 1.165) is 15.4 Å². The molecule has 0 spiro atoms. The molecule has 2 heterocycles. The highest BCUT2D eigenvalue weighted by Crippen LogP contribution is 2.33. The smallest absolute Gasteiger partial charge is 0.303 e. The zero-order valence-corrected chi connectivity index (χ0v) is 19.9. The predicted octanol–water partition coefficient (Wildman–Crippen LogP) is 6.08. The van der Waals surface area contributed by atoms with Crippen molar-refractivity contribution in [3.8, 4) is 28.3 Å². The van der Waals surface area contributed by atoms with Gasteiger partial charge in [-0.1, -0.05) is 39.7 Å². The van der Waals surface area contributed by atoms with Crippen molar-refractivity contribution in [2.75, 3.05) is 6.61 Å². The number of fused-ring (bicyclic) bond motifs is 1. The number of carboxylic acid groups (broad SMARTS) is 1. The van der Waals surface area contributed by atoms with Crippen LogP contribution in [0.3, 0.4) is 0 Å². The van der Waals surface area contributed by atoms with Gasteiger partial charge >= 0.3 is 5.97 Å². The van der Waals surface area contributed by atoms with Crippen molar-refractivity contribution < 1.29 is 19.4 Å². The lowest BCUT2D eigenvalue weighted by Crippen LogP contribution is -2.15. The molecule has 0 atom stereocenters. The van der Waals surface area contributed by atoms with Gasteiger partial charge in [-0.3, -0.25) is 9.59 Å². The number of benzene rings is 2. The first-order valence-electron chi connectivity index (χ1n) is 10.2. The van der Waals surface area contributed by atoms with Crippen molar-refractivity contribution in [3.05, 3.63) is 64.2 Å². The van der Waals surface area contributed by atoms with Gasteiger partial charge in [0.25, 0.3) is 0 Å². The maximum absolute atomic E-state index is 12.8. The molecule has 0 aliphatic rings. The van der Waals surface area contributed by atoms with E-state index in [-0.39, 0.29) is 18.0 Å². The number of rotatable bonds is 7. The maximum atomic E-state index is 12.8. The Labute approximate surface area is 203 Å². The summed E-state index contributed by atoms with van der Waals surface area (Å²) >= 11 is 9.91. The summed E-state index contributed by atoms with van der Waals surface area (Å²) < 4.78 is 7.66. The fraction of sp³-hybridized carbons (Fsp3) is 0.167. The van der Waals surface area contributed by atoms with E-state index >= 15 is 0 Å². The third kappa shape index (κ3) is 5.07. The average Bonchev–Trinajstić information content (AvgIpc) is 3.23. The number of halogens is 2. The summed E-state index contributed by atoms with van der Waals surface area (Å²) in [6.45, 7) is 2.45. The van der Waals surface area contributed by atoms with Gasteiger partial charge in [0.1, 0.15) is 10.9 Å². The minimum absolute atomic E-state index is 0.177. The highest BCUT2D eigenvalue weighted by Gasteiger charge is 2.20. The van der Waals surface area contributed by atoms with Crippen LogP contribution >= 0.6 is 27.5 Å². The summed E-state index contributed by atoms with van der Waals surface area (Å²) in [5.41, 5.74) is 3.00. The number of hydrogen-bond acceptors (Lipinski definition) is 5. The van der Waals surface area contributed by atoms with Crippen molar-refractivity contribution in [2.24, 2.45) is 0 Å². The van der Waals surface area contributed by atoms with Crippen LogP contribution in [0.4, 0.5) is 0 Å². The monoisotopic (exact) mass is 527 g/mol. The van der Waals surface area contributed by atoms with Crippen LogP contribution in [0, 0.1) is 0 Å². The van der Waals surface area contributed by atoms with Crippen LogP contribution < -0.4 is 4.74 Å². The average molecular weight is 529 g/mol. The molecule has 0 amide bonds. The standard InChI is InChI=1S/C24H19BrClN3O4/c1-2-33-17-8-5-15-11-18(24(26)27-19(15)12-17)20-13-21(14-3-6-16(25)7-4-14)29(28-20)22(30)9-10-23(31)32/h3-8,11-13H,2,9-10H2,1H3,(H,31,32). The number of hydrogen-bond donors (Lipinski definition) is 1. The van der Waals surface area contributed by atoms with Gasteiger partial charge in [-0.2, -0.15) is 9.78 Å². The van der Waals surface area contributed by atoms with Gasteiger partial charge in [-0.05, 0) is 43.3 Å². The molecule has 168 valence electrons. The van der Waals surface area contributed by atoms with Crippen LogP contribution in [0.2, 0.25) is 5.15 Å².